The Kier molecular flexibility index (Phi) is 6.46. The number of benzene rings is 2. The topological polar surface area (TPSA) is 84.3 Å². The number of hydrogen-bond donors (Lipinski definition) is 2. The summed E-state index contributed by atoms with van der Waals surface area (Å²) in [5, 5.41) is 7.45. The first-order valence-corrected chi connectivity index (χ1v) is 11.7. The van der Waals surface area contributed by atoms with Crippen LogP contribution in [-0.4, -0.2) is 48.0 Å². The summed E-state index contributed by atoms with van der Waals surface area (Å²) in [4.78, 5) is 29.3. The molecule has 1 fully saturated rings. The zero-order valence-corrected chi connectivity index (χ0v) is 20.2. The van der Waals surface area contributed by atoms with Crippen LogP contribution in [0.1, 0.15) is 0 Å². The summed E-state index contributed by atoms with van der Waals surface area (Å²) in [6.45, 7) is 3.12. The van der Waals surface area contributed by atoms with Gasteiger partial charge in [-0.05, 0) is 36.4 Å². The van der Waals surface area contributed by atoms with Crippen molar-refractivity contribution in [2.24, 2.45) is 0 Å². The molecule has 3 heterocycles. The first-order valence-electron chi connectivity index (χ1n) is 10.9. The highest BCUT2D eigenvalue weighted by Crippen LogP contribution is 2.34. The number of halogens is 3. The molecule has 4 aromatic rings. The van der Waals surface area contributed by atoms with Gasteiger partial charge in [-0.1, -0.05) is 29.3 Å². The summed E-state index contributed by atoms with van der Waals surface area (Å²) in [6, 6.07) is 11.5. The summed E-state index contributed by atoms with van der Waals surface area (Å²) in [5.74, 6) is -0.159. The Morgan fingerprint density at radius 2 is 1.86 bits per heavy atom. The fourth-order valence-electron chi connectivity index (χ4n) is 4.11. The lowest BCUT2D eigenvalue weighted by Crippen LogP contribution is -2.43. The Morgan fingerprint density at radius 3 is 2.54 bits per heavy atom. The molecule has 1 aliphatic heterocycles. The normalized spacial score (nSPS) is 13.8. The van der Waals surface area contributed by atoms with Crippen LogP contribution in [0.25, 0.3) is 22.2 Å². The largest absolute Gasteiger partial charge is 0.412 e. The van der Waals surface area contributed by atoms with Crippen LogP contribution >= 0.6 is 23.2 Å². The maximum absolute atomic E-state index is 14.8. The second-order valence-electron chi connectivity index (χ2n) is 7.94. The van der Waals surface area contributed by atoms with Gasteiger partial charge in [0.1, 0.15) is 12.9 Å². The number of fused-ring (bicyclic) bond motifs is 1. The SMILES string of the molecule is COn1c(=O)c(-c2c(Cl)cccc2Cl)cc2cnc(Nc3ccc(N4CCNCC4)c(F)c3)nc21. The molecule has 1 aliphatic rings. The minimum Gasteiger partial charge on any atom is -0.412 e. The maximum Gasteiger partial charge on any atom is 0.293 e. The number of nitrogens with one attached hydrogen (secondary N) is 2. The Balaban J connectivity index is 1.50. The predicted molar refractivity (Wildman–Crippen MR) is 137 cm³/mol. The Labute approximate surface area is 210 Å². The van der Waals surface area contributed by atoms with Gasteiger partial charge >= 0.3 is 0 Å². The number of aromatic nitrogens is 3. The van der Waals surface area contributed by atoms with Gasteiger partial charge in [-0.15, -0.1) is 4.73 Å². The second kappa shape index (κ2) is 9.69. The smallest absolute Gasteiger partial charge is 0.293 e. The van der Waals surface area contributed by atoms with Crippen molar-refractivity contribution in [3.8, 4) is 11.1 Å². The van der Waals surface area contributed by atoms with Crippen molar-refractivity contribution < 1.29 is 9.23 Å². The minimum absolute atomic E-state index is 0.181. The molecule has 8 nitrogen and oxygen atoms in total. The maximum atomic E-state index is 14.8. The van der Waals surface area contributed by atoms with Crippen molar-refractivity contribution in [3.05, 3.63) is 74.9 Å². The molecule has 0 amide bonds. The van der Waals surface area contributed by atoms with Gasteiger partial charge in [0.2, 0.25) is 5.95 Å². The number of anilines is 3. The molecule has 0 saturated carbocycles. The third kappa shape index (κ3) is 4.50. The molecule has 11 heteroatoms. The van der Waals surface area contributed by atoms with E-state index >= 15 is 0 Å². The van der Waals surface area contributed by atoms with E-state index in [4.69, 9.17) is 28.0 Å². The zero-order chi connectivity index (χ0) is 24.5. The van der Waals surface area contributed by atoms with Gasteiger partial charge in [-0.2, -0.15) is 4.98 Å². The quantitative estimate of drug-likeness (QED) is 0.414. The molecular formula is C24H21Cl2FN6O2. The molecule has 2 N–H and O–H groups in total. The third-order valence-electron chi connectivity index (χ3n) is 5.78. The fourth-order valence-corrected chi connectivity index (χ4v) is 4.71. The van der Waals surface area contributed by atoms with Crippen LogP contribution in [0.3, 0.4) is 0 Å². The predicted octanol–water partition coefficient (Wildman–Crippen LogP) is 4.12. The molecule has 2 aromatic carbocycles. The lowest BCUT2D eigenvalue weighted by Gasteiger charge is -2.29. The van der Waals surface area contributed by atoms with Gasteiger partial charge in [-0.3, -0.25) is 4.79 Å². The zero-order valence-electron chi connectivity index (χ0n) is 18.7. The van der Waals surface area contributed by atoms with Crippen LogP contribution in [-0.2, 0) is 0 Å². The van der Waals surface area contributed by atoms with Crippen LogP contribution in [0, 0.1) is 5.82 Å². The average molecular weight is 515 g/mol. The third-order valence-corrected chi connectivity index (χ3v) is 6.41. The lowest BCUT2D eigenvalue weighted by atomic mass is 10.1. The highest BCUT2D eigenvalue weighted by molar-refractivity contribution is 6.39. The van der Waals surface area contributed by atoms with E-state index in [1.807, 2.05) is 4.90 Å². The van der Waals surface area contributed by atoms with Crippen molar-refractivity contribution >= 4 is 51.6 Å². The summed E-state index contributed by atoms with van der Waals surface area (Å²) in [7, 11) is 1.36. The van der Waals surface area contributed by atoms with E-state index in [1.54, 1.807) is 42.6 Å². The first-order chi connectivity index (χ1) is 17.0. The molecule has 0 spiro atoms. The number of hydrogen-bond acceptors (Lipinski definition) is 7. The van der Waals surface area contributed by atoms with Gasteiger partial charge < -0.3 is 20.4 Å². The highest BCUT2D eigenvalue weighted by atomic mass is 35.5. The molecule has 1 saturated heterocycles. The van der Waals surface area contributed by atoms with Crippen molar-refractivity contribution in [1.29, 1.82) is 0 Å². The molecule has 35 heavy (non-hydrogen) atoms. The lowest BCUT2D eigenvalue weighted by molar-refractivity contribution is 0.168. The number of pyridine rings is 1. The Hall–Kier alpha value is -3.40. The summed E-state index contributed by atoms with van der Waals surface area (Å²) < 4.78 is 15.8. The first kappa shape index (κ1) is 23.3. The van der Waals surface area contributed by atoms with Crippen LogP contribution in [0.2, 0.25) is 10.0 Å². The van der Waals surface area contributed by atoms with Gasteiger partial charge in [0.25, 0.3) is 5.56 Å². The van der Waals surface area contributed by atoms with Crippen molar-refractivity contribution in [3.63, 3.8) is 0 Å². The molecule has 0 atom stereocenters. The Morgan fingerprint density at radius 1 is 1.11 bits per heavy atom. The van der Waals surface area contributed by atoms with Crippen LogP contribution in [0.15, 0.2) is 53.5 Å². The highest BCUT2D eigenvalue weighted by Gasteiger charge is 2.19. The monoisotopic (exact) mass is 514 g/mol. The average Bonchev–Trinajstić information content (AvgIpc) is 2.85. The molecule has 180 valence electrons. The molecular weight excluding hydrogens is 494 g/mol. The summed E-state index contributed by atoms with van der Waals surface area (Å²) >= 11 is 12.6. The standard InChI is InChI=1S/C24H21Cl2FN6O2/c1-35-33-22-14(11-16(23(33)34)21-17(25)3-2-4-18(21)26)13-29-24(31-22)30-15-5-6-20(19(27)12-15)32-9-7-28-8-10-32/h2-6,11-13,28H,7-10H2,1H3,(H,29,30,31). The van der Waals surface area contributed by atoms with E-state index in [0.29, 0.717) is 32.4 Å². The minimum atomic E-state index is -0.480. The Bertz CT molecular complexity index is 1450. The molecule has 5 rings (SSSR count). The summed E-state index contributed by atoms with van der Waals surface area (Å²) in [6.07, 6.45) is 1.54. The molecule has 2 aromatic heterocycles. The fraction of sp³-hybridized carbons (Fsp3) is 0.208. The van der Waals surface area contributed by atoms with Crippen molar-refractivity contribution in [2.45, 2.75) is 0 Å². The van der Waals surface area contributed by atoms with Gasteiger partial charge in [0.15, 0.2) is 5.65 Å². The van der Waals surface area contributed by atoms with E-state index in [1.165, 1.54) is 13.2 Å². The molecule has 0 bridgehead atoms. The van der Waals surface area contributed by atoms with E-state index < -0.39 is 5.56 Å². The molecule has 0 unspecified atom stereocenters. The van der Waals surface area contributed by atoms with E-state index in [0.717, 1.165) is 30.9 Å². The van der Waals surface area contributed by atoms with E-state index in [-0.39, 0.29) is 23.0 Å². The number of piperazine rings is 1. The van der Waals surface area contributed by atoms with Crippen molar-refractivity contribution in [2.75, 3.05) is 43.5 Å². The van der Waals surface area contributed by atoms with E-state index in [2.05, 4.69) is 20.6 Å². The van der Waals surface area contributed by atoms with Gasteiger partial charge in [0.05, 0.1) is 21.3 Å². The van der Waals surface area contributed by atoms with Crippen LogP contribution in [0.4, 0.5) is 21.7 Å². The van der Waals surface area contributed by atoms with Crippen LogP contribution in [0.5, 0.6) is 0 Å². The van der Waals surface area contributed by atoms with Crippen molar-refractivity contribution in [1.82, 2.24) is 20.0 Å². The molecule has 0 radical (unpaired) electrons. The van der Waals surface area contributed by atoms with Crippen LogP contribution < -0.4 is 25.9 Å². The van der Waals surface area contributed by atoms with Gasteiger partial charge in [0, 0.05) is 49.0 Å². The number of nitrogens with zero attached hydrogens (tertiary/aromatic N) is 4. The van der Waals surface area contributed by atoms with Gasteiger partial charge in [-0.25, -0.2) is 9.37 Å². The number of rotatable bonds is 5. The summed E-state index contributed by atoms with van der Waals surface area (Å²) in [5.41, 5.74) is 1.44. The molecule has 0 aliphatic carbocycles. The van der Waals surface area contributed by atoms with E-state index in [9.17, 15) is 9.18 Å². The second-order valence-corrected chi connectivity index (χ2v) is 8.75.